The number of hydrogen-bond donors (Lipinski definition) is 2. The van der Waals surface area contributed by atoms with E-state index >= 15 is 0 Å². The molecule has 0 unspecified atom stereocenters. The van der Waals surface area contributed by atoms with Crippen molar-refractivity contribution in [3.05, 3.63) is 63.7 Å². The molecule has 10 heteroatoms. The van der Waals surface area contributed by atoms with Gasteiger partial charge in [0.25, 0.3) is 5.91 Å². The maximum absolute atomic E-state index is 12.3. The van der Waals surface area contributed by atoms with Crippen LogP contribution in [0.2, 0.25) is 10.0 Å². The molecule has 0 aliphatic heterocycles. The first-order chi connectivity index (χ1) is 12.3. The smallest absolute Gasteiger partial charge is 0.354 e. The number of carbonyl (C=O) groups is 2. The number of aromatic nitrogens is 4. The number of carboxylic acids is 1. The van der Waals surface area contributed by atoms with E-state index < -0.39 is 11.9 Å². The molecule has 0 saturated heterocycles. The summed E-state index contributed by atoms with van der Waals surface area (Å²) in [5, 5.41) is 20.8. The highest BCUT2D eigenvalue weighted by Gasteiger charge is 2.21. The van der Waals surface area contributed by atoms with E-state index in [1.807, 2.05) is 0 Å². The van der Waals surface area contributed by atoms with E-state index in [9.17, 15) is 14.7 Å². The van der Waals surface area contributed by atoms with E-state index in [4.69, 9.17) is 23.2 Å². The van der Waals surface area contributed by atoms with Crippen LogP contribution in [0, 0.1) is 0 Å². The van der Waals surface area contributed by atoms with Gasteiger partial charge >= 0.3 is 5.97 Å². The molecule has 3 aromatic rings. The van der Waals surface area contributed by atoms with Crippen LogP contribution in [-0.4, -0.2) is 36.5 Å². The molecule has 0 aliphatic carbocycles. The SMILES string of the molecule is Cn1ncc(C(=O)Nc2cnn(Cc3ccc(Cl)cc3Cl)c2)c1C(=O)O. The Morgan fingerprint density at radius 1 is 1.23 bits per heavy atom. The molecule has 2 N–H and O–H groups in total. The van der Waals surface area contributed by atoms with Gasteiger partial charge in [-0.15, -0.1) is 0 Å². The number of benzene rings is 1. The van der Waals surface area contributed by atoms with Crippen LogP contribution in [0.25, 0.3) is 0 Å². The Morgan fingerprint density at radius 3 is 2.69 bits per heavy atom. The third kappa shape index (κ3) is 3.71. The Labute approximate surface area is 157 Å². The summed E-state index contributed by atoms with van der Waals surface area (Å²) >= 11 is 12.0. The van der Waals surface area contributed by atoms with Crippen molar-refractivity contribution in [2.75, 3.05) is 5.32 Å². The van der Waals surface area contributed by atoms with E-state index in [-0.39, 0.29) is 11.3 Å². The number of aromatic carboxylic acids is 1. The minimum Gasteiger partial charge on any atom is -0.477 e. The van der Waals surface area contributed by atoms with Crippen molar-refractivity contribution in [2.45, 2.75) is 6.54 Å². The molecule has 0 aliphatic rings. The molecule has 1 amide bonds. The maximum Gasteiger partial charge on any atom is 0.354 e. The van der Waals surface area contributed by atoms with Gasteiger partial charge in [-0.2, -0.15) is 10.2 Å². The van der Waals surface area contributed by atoms with E-state index in [1.54, 1.807) is 29.1 Å². The molecule has 0 atom stereocenters. The molecular formula is C16H13Cl2N5O3. The highest BCUT2D eigenvalue weighted by Crippen LogP contribution is 2.22. The van der Waals surface area contributed by atoms with E-state index in [2.05, 4.69) is 15.5 Å². The third-order valence-electron chi connectivity index (χ3n) is 3.62. The molecule has 2 aromatic heterocycles. The lowest BCUT2D eigenvalue weighted by molar-refractivity contribution is 0.0680. The zero-order valence-corrected chi connectivity index (χ0v) is 15.0. The van der Waals surface area contributed by atoms with Crippen LogP contribution in [0.4, 0.5) is 5.69 Å². The fourth-order valence-electron chi connectivity index (χ4n) is 2.39. The number of halogens is 2. The lowest BCUT2D eigenvalue weighted by Gasteiger charge is -2.05. The second-order valence-corrected chi connectivity index (χ2v) is 6.30. The summed E-state index contributed by atoms with van der Waals surface area (Å²) in [6.45, 7) is 0.388. The first-order valence-corrected chi connectivity index (χ1v) is 8.14. The van der Waals surface area contributed by atoms with Gasteiger partial charge in [-0.05, 0) is 17.7 Å². The van der Waals surface area contributed by atoms with Crippen molar-refractivity contribution in [1.29, 1.82) is 0 Å². The summed E-state index contributed by atoms with van der Waals surface area (Å²) in [5.74, 6) is -1.82. The van der Waals surface area contributed by atoms with Crippen LogP contribution in [0.3, 0.4) is 0 Å². The van der Waals surface area contributed by atoms with Gasteiger partial charge in [0, 0.05) is 23.3 Å². The molecule has 134 valence electrons. The molecule has 3 rings (SSSR count). The zero-order valence-electron chi connectivity index (χ0n) is 13.5. The molecule has 0 spiro atoms. The molecule has 1 aromatic carbocycles. The van der Waals surface area contributed by atoms with Crippen LogP contribution in [0.1, 0.15) is 26.4 Å². The maximum atomic E-state index is 12.3. The third-order valence-corrected chi connectivity index (χ3v) is 4.21. The minimum absolute atomic E-state index is 0.0338. The number of anilines is 1. The van der Waals surface area contributed by atoms with Gasteiger partial charge in [0.05, 0.1) is 30.2 Å². The van der Waals surface area contributed by atoms with Gasteiger partial charge < -0.3 is 10.4 Å². The van der Waals surface area contributed by atoms with Crippen molar-refractivity contribution in [3.8, 4) is 0 Å². The fourth-order valence-corrected chi connectivity index (χ4v) is 2.86. The Bertz CT molecular complexity index is 996. The summed E-state index contributed by atoms with van der Waals surface area (Å²) in [4.78, 5) is 23.6. The number of nitrogens with one attached hydrogen (secondary N) is 1. The second-order valence-electron chi connectivity index (χ2n) is 5.45. The van der Waals surface area contributed by atoms with Crippen LogP contribution >= 0.6 is 23.2 Å². The largest absolute Gasteiger partial charge is 0.477 e. The Hall–Kier alpha value is -2.84. The lowest BCUT2D eigenvalue weighted by atomic mass is 10.2. The first kappa shape index (κ1) is 18.0. The summed E-state index contributed by atoms with van der Waals surface area (Å²) < 4.78 is 2.72. The van der Waals surface area contributed by atoms with Crippen molar-refractivity contribution < 1.29 is 14.7 Å². The molecule has 8 nitrogen and oxygen atoms in total. The topological polar surface area (TPSA) is 102 Å². The summed E-state index contributed by atoms with van der Waals surface area (Å²) in [5.41, 5.74) is 1.01. The number of carbonyl (C=O) groups excluding carboxylic acids is 1. The fraction of sp³-hybridized carbons (Fsp3) is 0.125. The number of aryl methyl sites for hydroxylation is 1. The van der Waals surface area contributed by atoms with Gasteiger partial charge in [0.2, 0.25) is 0 Å². The molecule has 2 heterocycles. The molecular weight excluding hydrogens is 381 g/mol. The summed E-state index contributed by atoms with van der Waals surface area (Å²) in [7, 11) is 1.45. The van der Waals surface area contributed by atoms with Crippen molar-refractivity contribution in [1.82, 2.24) is 19.6 Å². The quantitative estimate of drug-likeness (QED) is 0.693. The Balaban J connectivity index is 1.74. The number of hydrogen-bond acceptors (Lipinski definition) is 4. The van der Waals surface area contributed by atoms with Gasteiger partial charge in [-0.1, -0.05) is 29.3 Å². The monoisotopic (exact) mass is 393 g/mol. The van der Waals surface area contributed by atoms with Crippen molar-refractivity contribution in [2.24, 2.45) is 7.05 Å². The molecule has 26 heavy (non-hydrogen) atoms. The zero-order chi connectivity index (χ0) is 18.8. The summed E-state index contributed by atoms with van der Waals surface area (Å²) in [6, 6.07) is 5.16. The first-order valence-electron chi connectivity index (χ1n) is 7.38. The Kier molecular flexibility index (Phi) is 4.97. The van der Waals surface area contributed by atoms with Gasteiger partial charge in [0.15, 0.2) is 5.69 Å². The van der Waals surface area contributed by atoms with Crippen molar-refractivity contribution in [3.63, 3.8) is 0 Å². The highest BCUT2D eigenvalue weighted by atomic mass is 35.5. The number of carboxylic acid groups (broad SMARTS) is 1. The van der Waals surface area contributed by atoms with Gasteiger partial charge in [-0.3, -0.25) is 14.2 Å². The van der Waals surface area contributed by atoms with Crippen molar-refractivity contribution >= 4 is 40.8 Å². The van der Waals surface area contributed by atoms with Gasteiger partial charge in [-0.25, -0.2) is 4.79 Å². The van der Waals surface area contributed by atoms with Crippen LogP contribution in [-0.2, 0) is 13.6 Å². The van der Waals surface area contributed by atoms with E-state index in [0.29, 0.717) is 22.3 Å². The molecule has 0 bridgehead atoms. The lowest BCUT2D eigenvalue weighted by Crippen LogP contribution is -2.16. The average molecular weight is 394 g/mol. The minimum atomic E-state index is -1.23. The van der Waals surface area contributed by atoms with Crippen LogP contribution in [0.15, 0.2) is 36.8 Å². The summed E-state index contributed by atoms with van der Waals surface area (Å²) in [6.07, 6.45) is 4.27. The number of rotatable bonds is 5. The standard InChI is InChI=1S/C16H13Cl2N5O3/c1-22-14(16(25)26)12(6-19-22)15(24)21-11-5-20-23(8-11)7-9-2-3-10(17)4-13(9)18/h2-6,8H,7H2,1H3,(H,21,24)(H,25,26). The second kappa shape index (κ2) is 7.19. The normalized spacial score (nSPS) is 10.7. The number of nitrogens with zero attached hydrogens (tertiary/aromatic N) is 4. The predicted molar refractivity (Wildman–Crippen MR) is 95.9 cm³/mol. The Morgan fingerprint density at radius 2 is 2.00 bits per heavy atom. The van der Waals surface area contributed by atoms with Gasteiger partial charge in [0.1, 0.15) is 0 Å². The number of amides is 1. The molecule has 0 fully saturated rings. The predicted octanol–water partition coefficient (Wildman–Crippen LogP) is 2.92. The molecule has 0 radical (unpaired) electrons. The van der Waals surface area contributed by atoms with Crippen LogP contribution in [0.5, 0.6) is 0 Å². The average Bonchev–Trinajstić information content (AvgIpc) is 3.16. The molecule has 0 saturated carbocycles. The van der Waals surface area contributed by atoms with E-state index in [0.717, 1.165) is 10.2 Å². The van der Waals surface area contributed by atoms with Crippen LogP contribution < -0.4 is 5.32 Å². The van der Waals surface area contributed by atoms with E-state index in [1.165, 1.54) is 19.4 Å². The highest BCUT2D eigenvalue weighted by molar-refractivity contribution is 6.35.